The molecule has 2 nitrogen and oxygen atoms in total. The maximum atomic E-state index is 5.96. The van der Waals surface area contributed by atoms with Crippen LogP contribution in [-0.4, -0.2) is 31.1 Å². The van der Waals surface area contributed by atoms with E-state index < -0.39 is 0 Å². The van der Waals surface area contributed by atoms with E-state index in [0.29, 0.717) is 0 Å². The van der Waals surface area contributed by atoms with Crippen molar-refractivity contribution in [2.45, 2.75) is 40.0 Å². The van der Waals surface area contributed by atoms with E-state index in [9.17, 15) is 0 Å². The highest BCUT2D eigenvalue weighted by Crippen LogP contribution is 2.23. The SMILES string of the molecule is Cc1cc(C)c(C)c(OCCN2CCCCC2)c1. The molecule has 0 aliphatic carbocycles. The van der Waals surface area contributed by atoms with Crippen LogP contribution in [0.2, 0.25) is 0 Å². The predicted molar refractivity (Wildman–Crippen MR) is 76.4 cm³/mol. The van der Waals surface area contributed by atoms with E-state index in [1.165, 1.54) is 49.0 Å². The minimum atomic E-state index is 0.809. The van der Waals surface area contributed by atoms with Crippen LogP contribution in [0.15, 0.2) is 12.1 Å². The van der Waals surface area contributed by atoms with Crippen molar-refractivity contribution in [1.29, 1.82) is 0 Å². The molecule has 0 radical (unpaired) electrons. The molecule has 0 saturated carbocycles. The van der Waals surface area contributed by atoms with Gasteiger partial charge in [0.1, 0.15) is 12.4 Å². The zero-order valence-corrected chi connectivity index (χ0v) is 12.0. The number of rotatable bonds is 4. The topological polar surface area (TPSA) is 12.5 Å². The van der Waals surface area contributed by atoms with Gasteiger partial charge in [-0.05, 0) is 69.5 Å². The Kier molecular flexibility index (Phi) is 4.65. The normalized spacial score (nSPS) is 16.8. The van der Waals surface area contributed by atoms with Gasteiger partial charge in [-0.2, -0.15) is 0 Å². The number of likely N-dealkylation sites (tertiary alicyclic amines) is 1. The summed E-state index contributed by atoms with van der Waals surface area (Å²) in [6, 6.07) is 4.37. The van der Waals surface area contributed by atoms with E-state index in [1.54, 1.807) is 0 Å². The lowest BCUT2D eigenvalue weighted by molar-refractivity contribution is 0.183. The van der Waals surface area contributed by atoms with Crippen LogP contribution in [0.3, 0.4) is 0 Å². The lowest BCUT2D eigenvalue weighted by Gasteiger charge is -2.26. The molecule has 2 heteroatoms. The summed E-state index contributed by atoms with van der Waals surface area (Å²) in [7, 11) is 0. The van der Waals surface area contributed by atoms with Gasteiger partial charge in [0, 0.05) is 6.54 Å². The molecule has 100 valence electrons. The summed E-state index contributed by atoms with van der Waals surface area (Å²) in [5.74, 6) is 1.06. The summed E-state index contributed by atoms with van der Waals surface area (Å²) in [6.45, 7) is 10.8. The highest BCUT2D eigenvalue weighted by molar-refractivity contribution is 5.41. The maximum absolute atomic E-state index is 5.96. The molecule has 0 N–H and O–H groups in total. The number of hydrogen-bond donors (Lipinski definition) is 0. The zero-order chi connectivity index (χ0) is 13.0. The molecule has 0 amide bonds. The first-order chi connectivity index (χ1) is 8.66. The number of benzene rings is 1. The Hall–Kier alpha value is -1.02. The Labute approximate surface area is 111 Å². The van der Waals surface area contributed by atoms with Crippen molar-refractivity contribution in [2.75, 3.05) is 26.2 Å². The molecule has 1 aromatic rings. The van der Waals surface area contributed by atoms with Crippen LogP contribution < -0.4 is 4.74 Å². The van der Waals surface area contributed by atoms with Gasteiger partial charge in [-0.1, -0.05) is 12.5 Å². The van der Waals surface area contributed by atoms with Crippen molar-refractivity contribution >= 4 is 0 Å². The number of hydrogen-bond acceptors (Lipinski definition) is 2. The molecule has 1 aromatic carbocycles. The number of piperidine rings is 1. The van der Waals surface area contributed by atoms with Gasteiger partial charge in [0.05, 0.1) is 0 Å². The van der Waals surface area contributed by atoms with E-state index in [4.69, 9.17) is 4.74 Å². The Bertz CT molecular complexity index is 394. The molecular formula is C16H25NO. The summed E-state index contributed by atoms with van der Waals surface area (Å²) in [4.78, 5) is 2.52. The van der Waals surface area contributed by atoms with Crippen molar-refractivity contribution in [3.63, 3.8) is 0 Å². The number of aryl methyl sites for hydroxylation is 2. The van der Waals surface area contributed by atoms with E-state index in [0.717, 1.165) is 18.9 Å². The summed E-state index contributed by atoms with van der Waals surface area (Å²) in [5, 5.41) is 0. The summed E-state index contributed by atoms with van der Waals surface area (Å²) >= 11 is 0. The second-order valence-electron chi connectivity index (χ2n) is 5.46. The molecule has 2 rings (SSSR count). The van der Waals surface area contributed by atoms with Crippen LogP contribution >= 0.6 is 0 Å². The third-order valence-electron chi connectivity index (χ3n) is 3.88. The lowest BCUT2D eigenvalue weighted by atomic mass is 10.1. The summed E-state index contributed by atoms with van der Waals surface area (Å²) < 4.78 is 5.96. The van der Waals surface area contributed by atoms with Gasteiger partial charge in [0.25, 0.3) is 0 Å². The molecule has 1 aliphatic rings. The van der Waals surface area contributed by atoms with Gasteiger partial charge in [-0.25, -0.2) is 0 Å². The fraction of sp³-hybridized carbons (Fsp3) is 0.625. The quantitative estimate of drug-likeness (QED) is 0.807. The van der Waals surface area contributed by atoms with Gasteiger partial charge in [-0.15, -0.1) is 0 Å². The van der Waals surface area contributed by atoms with Gasteiger partial charge in [-0.3, -0.25) is 4.90 Å². The minimum Gasteiger partial charge on any atom is -0.492 e. The third kappa shape index (κ3) is 3.49. The van der Waals surface area contributed by atoms with Gasteiger partial charge >= 0.3 is 0 Å². The fourth-order valence-corrected chi connectivity index (χ4v) is 2.62. The van der Waals surface area contributed by atoms with E-state index >= 15 is 0 Å². The first-order valence-corrected chi connectivity index (χ1v) is 7.10. The van der Waals surface area contributed by atoms with E-state index in [2.05, 4.69) is 37.8 Å². The molecule has 1 aliphatic heterocycles. The number of nitrogens with zero attached hydrogens (tertiary/aromatic N) is 1. The van der Waals surface area contributed by atoms with Crippen LogP contribution in [-0.2, 0) is 0 Å². The van der Waals surface area contributed by atoms with Gasteiger partial charge in [0.15, 0.2) is 0 Å². The first-order valence-electron chi connectivity index (χ1n) is 7.10. The molecule has 0 spiro atoms. The molecule has 1 heterocycles. The van der Waals surface area contributed by atoms with Crippen molar-refractivity contribution in [1.82, 2.24) is 4.90 Å². The summed E-state index contributed by atoms with van der Waals surface area (Å²) in [6.07, 6.45) is 4.10. The van der Waals surface area contributed by atoms with Crippen LogP contribution in [0.5, 0.6) is 5.75 Å². The Morgan fingerprint density at radius 3 is 2.50 bits per heavy atom. The molecule has 1 saturated heterocycles. The van der Waals surface area contributed by atoms with Crippen LogP contribution in [0.25, 0.3) is 0 Å². The molecule has 0 unspecified atom stereocenters. The molecule has 1 fully saturated rings. The van der Waals surface area contributed by atoms with Crippen LogP contribution in [0, 0.1) is 20.8 Å². The highest BCUT2D eigenvalue weighted by atomic mass is 16.5. The largest absolute Gasteiger partial charge is 0.492 e. The third-order valence-corrected chi connectivity index (χ3v) is 3.88. The van der Waals surface area contributed by atoms with E-state index in [-0.39, 0.29) is 0 Å². The molecule has 0 atom stereocenters. The lowest BCUT2D eigenvalue weighted by Crippen LogP contribution is -2.33. The Balaban J connectivity index is 1.86. The Morgan fingerprint density at radius 1 is 1.06 bits per heavy atom. The van der Waals surface area contributed by atoms with Gasteiger partial charge < -0.3 is 4.74 Å². The van der Waals surface area contributed by atoms with Crippen molar-refractivity contribution in [3.05, 3.63) is 28.8 Å². The standard InChI is InChI=1S/C16H25NO/c1-13-11-14(2)15(3)16(12-13)18-10-9-17-7-5-4-6-8-17/h11-12H,4-10H2,1-3H3. The maximum Gasteiger partial charge on any atom is 0.122 e. The Morgan fingerprint density at radius 2 is 1.78 bits per heavy atom. The monoisotopic (exact) mass is 247 g/mol. The molecular weight excluding hydrogens is 222 g/mol. The van der Waals surface area contributed by atoms with Gasteiger partial charge in [0.2, 0.25) is 0 Å². The first kappa shape index (κ1) is 13.4. The smallest absolute Gasteiger partial charge is 0.122 e. The molecule has 18 heavy (non-hydrogen) atoms. The highest BCUT2D eigenvalue weighted by Gasteiger charge is 2.10. The minimum absolute atomic E-state index is 0.809. The average Bonchev–Trinajstić information content (AvgIpc) is 2.36. The zero-order valence-electron chi connectivity index (χ0n) is 12.0. The second kappa shape index (κ2) is 6.24. The van der Waals surface area contributed by atoms with Crippen LogP contribution in [0.1, 0.15) is 36.0 Å². The van der Waals surface area contributed by atoms with E-state index in [1.807, 2.05) is 0 Å². The summed E-state index contributed by atoms with van der Waals surface area (Å²) in [5.41, 5.74) is 3.88. The molecule has 0 bridgehead atoms. The number of ether oxygens (including phenoxy) is 1. The van der Waals surface area contributed by atoms with Crippen molar-refractivity contribution in [3.8, 4) is 5.75 Å². The van der Waals surface area contributed by atoms with Crippen molar-refractivity contribution in [2.24, 2.45) is 0 Å². The van der Waals surface area contributed by atoms with Crippen molar-refractivity contribution < 1.29 is 4.74 Å². The average molecular weight is 247 g/mol. The molecule has 0 aromatic heterocycles. The predicted octanol–water partition coefficient (Wildman–Crippen LogP) is 3.48. The second-order valence-corrected chi connectivity index (χ2v) is 5.46. The fourth-order valence-electron chi connectivity index (χ4n) is 2.62. The van der Waals surface area contributed by atoms with Crippen LogP contribution in [0.4, 0.5) is 0 Å².